The number of methoxy groups -OCH3 is 1. The molecule has 0 aliphatic carbocycles. The summed E-state index contributed by atoms with van der Waals surface area (Å²) in [5, 5.41) is 2.94. The van der Waals surface area contributed by atoms with Gasteiger partial charge in [0.25, 0.3) is 5.91 Å². The highest BCUT2D eigenvalue weighted by Crippen LogP contribution is 2.29. The lowest BCUT2D eigenvalue weighted by Crippen LogP contribution is -2.28. The molecule has 1 N–H and O–H groups in total. The van der Waals surface area contributed by atoms with Gasteiger partial charge in [-0.3, -0.25) is 4.79 Å². The maximum Gasteiger partial charge on any atom is 0.250 e. The van der Waals surface area contributed by atoms with E-state index in [1.165, 1.54) is 4.90 Å². The zero-order chi connectivity index (χ0) is 16.9. The highest BCUT2D eigenvalue weighted by molar-refractivity contribution is 7.98. The minimum Gasteiger partial charge on any atom is -0.497 e. The van der Waals surface area contributed by atoms with Crippen LogP contribution in [0.5, 0.6) is 11.5 Å². The SMILES string of the molecule is COc1ccc2c(c1)C=C(C(=O)NCc1ccc(SC)cc1)CO2. The molecule has 1 aliphatic rings. The van der Waals surface area contributed by atoms with E-state index in [1.54, 1.807) is 18.9 Å². The Hall–Kier alpha value is -2.40. The minimum absolute atomic E-state index is 0.114. The Labute approximate surface area is 145 Å². The fourth-order valence-electron chi connectivity index (χ4n) is 2.45. The van der Waals surface area contributed by atoms with E-state index >= 15 is 0 Å². The van der Waals surface area contributed by atoms with Crippen molar-refractivity contribution in [1.29, 1.82) is 0 Å². The second-order valence-corrected chi connectivity index (χ2v) is 6.27. The van der Waals surface area contributed by atoms with Crippen LogP contribution in [0.1, 0.15) is 11.1 Å². The molecule has 0 fully saturated rings. The molecule has 0 saturated carbocycles. The number of thioether (sulfide) groups is 1. The molecule has 5 heteroatoms. The van der Waals surface area contributed by atoms with Crippen LogP contribution in [0.4, 0.5) is 0 Å². The summed E-state index contributed by atoms with van der Waals surface area (Å²) in [4.78, 5) is 13.6. The maximum absolute atomic E-state index is 12.4. The van der Waals surface area contributed by atoms with Gasteiger partial charge in [-0.1, -0.05) is 12.1 Å². The number of rotatable bonds is 5. The molecule has 0 saturated heterocycles. The predicted molar refractivity (Wildman–Crippen MR) is 96.5 cm³/mol. The summed E-state index contributed by atoms with van der Waals surface area (Å²) >= 11 is 1.70. The molecule has 24 heavy (non-hydrogen) atoms. The van der Waals surface area contributed by atoms with Crippen LogP contribution in [0, 0.1) is 0 Å². The lowest BCUT2D eigenvalue weighted by atomic mass is 10.1. The van der Waals surface area contributed by atoms with Crippen LogP contribution >= 0.6 is 11.8 Å². The van der Waals surface area contributed by atoms with Crippen molar-refractivity contribution in [2.75, 3.05) is 20.0 Å². The Morgan fingerprint density at radius 3 is 2.75 bits per heavy atom. The number of fused-ring (bicyclic) bond motifs is 1. The molecular weight excluding hydrogens is 322 g/mol. The number of hydrogen-bond acceptors (Lipinski definition) is 4. The number of carbonyl (C=O) groups is 1. The van der Waals surface area contributed by atoms with E-state index in [2.05, 4.69) is 17.4 Å². The molecule has 1 aliphatic heterocycles. The quantitative estimate of drug-likeness (QED) is 0.846. The largest absolute Gasteiger partial charge is 0.497 e. The van der Waals surface area contributed by atoms with Crippen molar-refractivity contribution in [3.63, 3.8) is 0 Å². The van der Waals surface area contributed by atoms with Gasteiger partial charge in [0.05, 0.1) is 12.7 Å². The standard InChI is InChI=1S/C19H19NO3S/c1-22-16-5-8-18-14(10-16)9-15(12-23-18)19(21)20-11-13-3-6-17(24-2)7-4-13/h3-10H,11-12H2,1-2H3,(H,20,21). The lowest BCUT2D eigenvalue weighted by molar-refractivity contribution is -0.117. The zero-order valence-corrected chi connectivity index (χ0v) is 14.5. The Kier molecular flexibility index (Phi) is 5.11. The molecule has 3 rings (SSSR count). The van der Waals surface area contributed by atoms with Gasteiger partial charge in [-0.2, -0.15) is 0 Å². The van der Waals surface area contributed by atoms with Crippen LogP contribution in [-0.2, 0) is 11.3 Å². The lowest BCUT2D eigenvalue weighted by Gasteiger charge is -2.18. The molecule has 0 atom stereocenters. The fourth-order valence-corrected chi connectivity index (χ4v) is 2.86. The van der Waals surface area contributed by atoms with Crippen molar-refractivity contribution in [3.05, 3.63) is 59.2 Å². The summed E-state index contributed by atoms with van der Waals surface area (Å²) in [5.74, 6) is 1.39. The summed E-state index contributed by atoms with van der Waals surface area (Å²) in [7, 11) is 1.62. The Morgan fingerprint density at radius 1 is 1.25 bits per heavy atom. The molecule has 4 nitrogen and oxygen atoms in total. The molecule has 1 heterocycles. The van der Waals surface area contributed by atoms with Crippen molar-refractivity contribution in [2.24, 2.45) is 0 Å². The van der Waals surface area contributed by atoms with Gasteiger partial charge in [0.1, 0.15) is 18.1 Å². The van der Waals surface area contributed by atoms with Crippen LogP contribution in [0.3, 0.4) is 0 Å². The van der Waals surface area contributed by atoms with Gasteiger partial charge < -0.3 is 14.8 Å². The summed E-state index contributed by atoms with van der Waals surface area (Å²) in [6, 6.07) is 13.7. The van der Waals surface area contributed by atoms with Crippen molar-refractivity contribution in [2.45, 2.75) is 11.4 Å². The Balaban J connectivity index is 1.67. The van der Waals surface area contributed by atoms with Crippen LogP contribution < -0.4 is 14.8 Å². The second-order valence-electron chi connectivity index (χ2n) is 5.39. The molecule has 0 unspecified atom stereocenters. The summed E-state index contributed by atoms with van der Waals surface area (Å²) < 4.78 is 10.9. The molecule has 0 radical (unpaired) electrons. The van der Waals surface area contributed by atoms with E-state index in [0.717, 1.165) is 22.6 Å². The van der Waals surface area contributed by atoms with E-state index in [9.17, 15) is 4.79 Å². The van der Waals surface area contributed by atoms with E-state index in [1.807, 2.05) is 42.7 Å². The molecule has 2 aromatic rings. The third-order valence-corrected chi connectivity index (χ3v) is 4.58. The van der Waals surface area contributed by atoms with Crippen LogP contribution in [0.25, 0.3) is 6.08 Å². The van der Waals surface area contributed by atoms with Crippen molar-refractivity contribution in [1.82, 2.24) is 5.32 Å². The van der Waals surface area contributed by atoms with Crippen molar-refractivity contribution < 1.29 is 14.3 Å². The smallest absolute Gasteiger partial charge is 0.250 e. The average molecular weight is 341 g/mol. The molecule has 124 valence electrons. The first-order valence-electron chi connectivity index (χ1n) is 7.62. The van der Waals surface area contributed by atoms with Gasteiger partial charge >= 0.3 is 0 Å². The number of nitrogens with one attached hydrogen (secondary N) is 1. The summed E-state index contributed by atoms with van der Waals surface area (Å²) in [6.45, 7) is 0.770. The zero-order valence-electron chi connectivity index (χ0n) is 13.7. The highest BCUT2D eigenvalue weighted by atomic mass is 32.2. The first-order chi connectivity index (χ1) is 11.7. The molecule has 1 amide bonds. The summed E-state index contributed by atoms with van der Waals surface area (Å²) in [5.41, 5.74) is 2.53. The van der Waals surface area contributed by atoms with Gasteiger partial charge in [0, 0.05) is 17.0 Å². The van der Waals surface area contributed by atoms with Gasteiger partial charge in [0.2, 0.25) is 0 Å². The topological polar surface area (TPSA) is 47.6 Å². The fraction of sp³-hybridized carbons (Fsp3) is 0.211. The summed E-state index contributed by atoms with van der Waals surface area (Å²) in [6.07, 6.45) is 3.90. The van der Waals surface area contributed by atoms with E-state index < -0.39 is 0 Å². The third-order valence-electron chi connectivity index (χ3n) is 3.83. The predicted octanol–water partition coefficient (Wildman–Crippen LogP) is 3.51. The van der Waals surface area contributed by atoms with Gasteiger partial charge in [-0.15, -0.1) is 11.8 Å². The van der Waals surface area contributed by atoms with Gasteiger partial charge in [-0.25, -0.2) is 0 Å². The number of benzene rings is 2. The van der Waals surface area contributed by atoms with Gasteiger partial charge in [0.15, 0.2) is 0 Å². The normalized spacial score (nSPS) is 12.7. The second kappa shape index (κ2) is 7.45. The number of hydrogen-bond donors (Lipinski definition) is 1. The molecular formula is C19H19NO3S. The maximum atomic E-state index is 12.4. The van der Waals surface area contributed by atoms with E-state index in [-0.39, 0.29) is 12.5 Å². The van der Waals surface area contributed by atoms with Gasteiger partial charge in [-0.05, 0) is 48.2 Å². The molecule has 2 aromatic carbocycles. The molecule has 0 aromatic heterocycles. The number of carbonyl (C=O) groups excluding carboxylic acids is 1. The molecule has 0 bridgehead atoms. The van der Waals surface area contributed by atoms with Crippen molar-refractivity contribution >= 4 is 23.7 Å². The first kappa shape index (κ1) is 16.5. The number of amides is 1. The van der Waals surface area contributed by atoms with E-state index in [0.29, 0.717) is 12.1 Å². The average Bonchev–Trinajstić information content (AvgIpc) is 2.65. The Morgan fingerprint density at radius 2 is 2.04 bits per heavy atom. The van der Waals surface area contributed by atoms with Crippen molar-refractivity contribution in [3.8, 4) is 11.5 Å². The van der Waals surface area contributed by atoms with E-state index in [4.69, 9.17) is 9.47 Å². The highest BCUT2D eigenvalue weighted by Gasteiger charge is 2.17. The first-order valence-corrected chi connectivity index (χ1v) is 8.84. The third kappa shape index (κ3) is 3.74. The van der Waals surface area contributed by atoms with Crippen LogP contribution in [0.15, 0.2) is 52.9 Å². The Bertz CT molecular complexity index is 769. The minimum atomic E-state index is -0.114. The van der Waals surface area contributed by atoms with Crippen LogP contribution in [0.2, 0.25) is 0 Å². The monoisotopic (exact) mass is 341 g/mol. The molecule has 0 spiro atoms. The number of ether oxygens (including phenoxy) is 2. The van der Waals surface area contributed by atoms with Crippen LogP contribution in [-0.4, -0.2) is 25.9 Å².